The fraction of sp³-hybridized carbons (Fsp3) is 0. The average molecular weight is 277 g/mol. The third-order valence-electron chi connectivity index (χ3n) is 2.26. The van der Waals surface area contributed by atoms with Crippen molar-refractivity contribution in [3.8, 4) is 6.07 Å². The van der Waals surface area contributed by atoms with Gasteiger partial charge in [-0.05, 0) is 30.3 Å². The first-order chi connectivity index (χ1) is 9.01. The monoisotopic (exact) mass is 277 g/mol. The molecule has 0 radical (unpaired) electrons. The van der Waals surface area contributed by atoms with Gasteiger partial charge in [-0.1, -0.05) is 0 Å². The number of hydrogen-bond donors (Lipinski definition) is 1. The van der Waals surface area contributed by atoms with Crippen LogP contribution in [0, 0.1) is 17.1 Å². The van der Waals surface area contributed by atoms with Crippen LogP contribution in [0.1, 0.15) is 5.56 Å². The van der Waals surface area contributed by atoms with Gasteiger partial charge in [-0.3, -0.25) is 9.71 Å². The number of hydrogen-bond acceptors (Lipinski definition) is 4. The zero-order valence-electron chi connectivity index (χ0n) is 9.54. The van der Waals surface area contributed by atoms with Crippen molar-refractivity contribution in [2.45, 2.75) is 4.90 Å². The fourth-order valence-corrected chi connectivity index (χ4v) is 2.40. The van der Waals surface area contributed by atoms with E-state index in [4.69, 9.17) is 5.26 Å². The molecule has 2 rings (SSSR count). The van der Waals surface area contributed by atoms with E-state index in [-0.39, 0.29) is 10.6 Å². The lowest BCUT2D eigenvalue weighted by Gasteiger charge is -2.07. The van der Waals surface area contributed by atoms with Crippen molar-refractivity contribution in [1.29, 1.82) is 5.26 Å². The summed E-state index contributed by atoms with van der Waals surface area (Å²) in [5, 5.41) is 8.63. The molecule has 0 aliphatic carbocycles. The van der Waals surface area contributed by atoms with Crippen LogP contribution in [0.4, 0.5) is 10.1 Å². The van der Waals surface area contributed by atoms with Gasteiger partial charge in [-0.2, -0.15) is 5.26 Å². The number of anilines is 1. The van der Waals surface area contributed by atoms with E-state index in [1.165, 1.54) is 24.3 Å². The van der Waals surface area contributed by atoms with Gasteiger partial charge in [0.15, 0.2) is 0 Å². The molecule has 96 valence electrons. The molecule has 0 fully saturated rings. The molecule has 19 heavy (non-hydrogen) atoms. The van der Waals surface area contributed by atoms with Crippen molar-refractivity contribution < 1.29 is 12.8 Å². The Morgan fingerprint density at radius 2 is 1.89 bits per heavy atom. The third kappa shape index (κ3) is 3.05. The van der Waals surface area contributed by atoms with Gasteiger partial charge in [0.05, 0.1) is 17.8 Å². The summed E-state index contributed by atoms with van der Waals surface area (Å²) < 4.78 is 39.1. The Hall–Kier alpha value is -2.46. The average Bonchev–Trinajstić information content (AvgIpc) is 2.39. The van der Waals surface area contributed by atoms with Gasteiger partial charge in [-0.25, -0.2) is 12.8 Å². The minimum absolute atomic E-state index is 0.267. The summed E-state index contributed by atoms with van der Waals surface area (Å²) in [4.78, 5) is 3.22. The van der Waals surface area contributed by atoms with E-state index >= 15 is 0 Å². The minimum Gasteiger partial charge on any atom is -0.280 e. The second-order valence-corrected chi connectivity index (χ2v) is 5.32. The molecule has 0 bridgehead atoms. The lowest BCUT2D eigenvalue weighted by Crippen LogP contribution is -2.13. The Kier molecular flexibility index (Phi) is 3.44. The van der Waals surface area contributed by atoms with Gasteiger partial charge in [0.1, 0.15) is 10.7 Å². The van der Waals surface area contributed by atoms with Crippen LogP contribution in [0.3, 0.4) is 0 Å². The molecule has 1 aromatic carbocycles. The molecule has 0 aliphatic rings. The van der Waals surface area contributed by atoms with E-state index in [1.807, 2.05) is 6.07 Å². The SMILES string of the molecule is N#Cc1ccc(NS(=O)(=O)c2cncc(F)c2)cc1. The van der Waals surface area contributed by atoms with Gasteiger partial charge >= 0.3 is 0 Å². The topological polar surface area (TPSA) is 82.9 Å². The molecule has 0 atom stereocenters. The Balaban J connectivity index is 2.28. The van der Waals surface area contributed by atoms with E-state index in [1.54, 1.807) is 0 Å². The van der Waals surface area contributed by atoms with Crippen LogP contribution in [0.2, 0.25) is 0 Å². The molecular weight excluding hydrogens is 269 g/mol. The van der Waals surface area contributed by atoms with E-state index < -0.39 is 15.8 Å². The highest BCUT2D eigenvalue weighted by Gasteiger charge is 2.15. The van der Waals surface area contributed by atoms with Crippen molar-refractivity contribution in [2.24, 2.45) is 0 Å². The fourth-order valence-electron chi connectivity index (χ4n) is 1.37. The number of halogens is 1. The van der Waals surface area contributed by atoms with Gasteiger partial charge in [0.2, 0.25) is 0 Å². The predicted octanol–water partition coefficient (Wildman–Crippen LogP) is 1.89. The zero-order valence-corrected chi connectivity index (χ0v) is 10.4. The van der Waals surface area contributed by atoms with Gasteiger partial charge < -0.3 is 0 Å². The maximum atomic E-state index is 12.9. The van der Waals surface area contributed by atoms with Crippen molar-refractivity contribution in [1.82, 2.24) is 4.98 Å². The summed E-state index contributed by atoms with van der Waals surface area (Å²) in [6.45, 7) is 0. The van der Waals surface area contributed by atoms with Crippen LogP contribution in [-0.4, -0.2) is 13.4 Å². The van der Waals surface area contributed by atoms with Crippen LogP contribution in [0.15, 0.2) is 47.6 Å². The zero-order chi connectivity index (χ0) is 13.9. The molecule has 0 amide bonds. The van der Waals surface area contributed by atoms with Crippen LogP contribution >= 0.6 is 0 Å². The number of sulfonamides is 1. The molecule has 0 saturated heterocycles. The van der Waals surface area contributed by atoms with Crippen LogP contribution in [0.5, 0.6) is 0 Å². The molecule has 0 spiro atoms. The first-order valence-corrected chi connectivity index (χ1v) is 6.63. The van der Waals surface area contributed by atoms with Crippen molar-refractivity contribution >= 4 is 15.7 Å². The van der Waals surface area contributed by atoms with Crippen molar-refractivity contribution in [3.05, 3.63) is 54.1 Å². The quantitative estimate of drug-likeness (QED) is 0.928. The summed E-state index contributed by atoms with van der Waals surface area (Å²) in [5.41, 5.74) is 0.693. The molecule has 5 nitrogen and oxygen atoms in total. The number of benzene rings is 1. The number of rotatable bonds is 3. The molecule has 1 aromatic heterocycles. The summed E-state index contributed by atoms with van der Waals surface area (Å²) in [6.07, 6.45) is 1.97. The number of nitrogens with zero attached hydrogens (tertiary/aromatic N) is 2. The first kappa shape index (κ1) is 13.0. The summed E-state index contributed by atoms with van der Waals surface area (Å²) in [7, 11) is -3.89. The molecule has 7 heteroatoms. The Morgan fingerprint density at radius 3 is 2.47 bits per heavy atom. The van der Waals surface area contributed by atoms with Gasteiger partial charge in [-0.15, -0.1) is 0 Å². The molecule has 1 N–H and O–H groups in total. The first-order valence-electron chi connectivity index (χ1n) is 5.15. The Bertz CT molecular complexity index is 736. The predicted molar refractivity (Wildman–Crippen MR) is 66.2 cm³/mol. The lowest BCUT2D eigenvalue weighted by molar-refractivity contribution is 0.592. The normalized spacial score (nSPS) is 10.7. The Labute approximate surface area is 109 Å². The van der Waals surface area contributed by atoms with Crippen molar-refractivity contribution in [2.75, 3.05) is 4.72 Å². The van der Waals surface area contributed by atoms with Crippen LogP contribution in [-0.2, 0) is 10.0 Å². The highest BCUT2D eigenvalue weighted by molar-refractivity contribution is 7.92. The number of nitrogens with one attached hydrogen (secondary N) is 1. The summed E-state index contributed by atoms with van der Waals surface area (Å²) in [5.74, 6) is -0.734. The minimum atomic E-state index is -3.89. The number of pyridine rings is 1. The van der Waals surface area contributed by atoms with Crippen LogP contribution < -0.4 is 4.72 Å². The Morgan fingerprint density at radius 1 is 1.21 bits per heavy atom. The third-order valence-corrected chi connectivity index (χ3v) is 3.60. The smallest absolute Gasteiger partial charge is 0.263 e. The lowest BCUT2D eigenvalue weighted by atomic mass is 10.2. The maximum absolute atomic E-state index is 12.9. The van der Waals surface area contributed by atoms with Gasteiger partial charge in [0, 0.05) is 11.9 Å². The highest BCUT2D eigenvalue weighted by Crippen LogP contribution is 2.16. The second-order valence-electron chi connectivity index (χ2n) is 3.63. The van der Waals surface area contributed by atoms with E-state index in [0.29, 0.717) is 5.56 Å². The van der Waals surface area contributed by atoms with E-state index in [9.17, 15) is 12.8 Å². The number of aromatic nitrogens is 1. The summed E-state index contributed by atoms with van der Waals surface area (Å²) >= 11 is 0. The molecule has 1 heterocycles. The highest BCUT2D eigenvalue weighted by atomic mass is 32.2. The largest absolute Gasteiger partial charge is 0.280 e. The second kappa shape index (κ2) is 5.04. The maximum Gasteiger partial charge on any atom is 0.263 e. The van der Waals surface area contributed by atoms with E-state index in [0.717, 1.165) is 18.5 Å². The standard InChI is InChI=1S/C12H8FN3O2S/c13-10-5-12(8-15-7-10)19(17,18)16-11-3-1-9(6-14)2-4-11/h1-5,7-8,16H. The van der Waals surface area contributed by atoms with Gasteiger partial charge in [0.25, 0.3) is 10.0 Å². The molecule has 2 aromatic rings. The molecular formula is C12H8FN3O2S. The van der Waals surface area contributed by atoms with Crippen molar-refractivity contribution in [3.63, 3.8) is 0 Å². The molecule has 0 aliphatic heterocycles. The van der Waals surface area contributed by atoms with Crippen LogP contribution in [0.25, 0.3) is 0 Å². The van der Waals surface area contributed by atoms with E-state index in [2.05, 4.69) is 9.71 Å². The number of nitriles is 1. The summed E-state index contributed by atoms with van der Waals surface area (Å²) in [6, 6.07) is 8.64. The molecule has 0 unspecified atom stereocenters. The molecule has 0 saturated carbocycles.